The van der Waals surface area contributed by atoms with Crippen molar-refractivity contribution in [3.8, 4) is 5.75 Å². The van der Waals surface area contributed by atoms with Crippen LogP contribution in [0, 0.1) is 0 Å². The normalized spacial score (nSPS) is 9.53. The first kappa shape index (κ1) is 28.0. The number of benzene rings is 4. The monoisotopic (exact) mass is 479 g/mol. The lowest BCUT2D eigenvalue weighted by Crippen LogP contribution is -1.89. The van der Waals surface area contributed by atoms with E-state index < -0.39 is 10.6 Å². The Morgan fingerprint density at radius 2 is 1.21 bits per heavy atom. The van der Waals surface area contributed by atoms with Gasteiger partial charge in [-0.1, -0.05) is 76.2 Å². The van der Waals surface area contributed by atoms with E-state index in [4.69, 9.17) is 12.6 Å². The van der Waals surface area contributed by atoms with Gasteiger partial charge in [0.05, 0.1) is 5.69 Å². The second kappa shape index (κ2) is 15.7. The van der Waals surface area contributed by atoms with Crippen LogP contribution in [0.25, 0.3) is 10.8 Å². The van der Waals surface area contributed by atoms with Crippen molar-refractivity contribution < 1.29 is 17.7 Å². The average Bonchev–Trinajstić information content (AvgIpc) is 2.87. The number of phenolic OH excluding ortho intramolecular Hbond substituents is 1. The summed E-state index contributed by atoms with van der Waals surface area (Å²) >= 11 is 0. The number of nitrogens with zero attached hydrogens (tertiary/aromatic N) is 2. The van der Waals surface area contributed by atoms with Crippen LogP contribution in [0.4, 0.5) is 22.7 Å². The van der Waals surface area contributed by atoms with Crippen LogP contribution in [-0.2, 0) is 10.6 Å². The molecule has 0 saturated heterocycles. The number of para-hydroxylation sites is 1. The Morgan fingerprint density at radius 3 is 1.79 bits per heavy atom. The molecule has 0 aliphatic heterocycles. The quantitative estimate of drug-likeness (QED) is 0.291. The minimum atomic E-state index is -3.11. The fourth-order valence-electron chi connectivity index (χ4n) is 2.75. The van der Waals surface area contributed by atoms with Gasteiger partial charge in [-0.25, -0.2) is 0 Å². The van der Waals surface area contributed by atoms with Gasteiger partial charge in [0.1, 0.15) is 5.69 Å². The maximum absolute atomic E-state index is 10.6. The smallest absolute Gasteiger partial charge is 0.425 e. The van der Waals surface area contributed by atoms with E-state index in [9.17, 15) is 5.11 Å². The van der Waals surface area contributed by atoms with Gasteiger partial charge in [0.2, 0.25) is 0 Å². The first-order valence-corrected chi connectivity index (χ1v) is 11.8. The summed E-state index contributed by atoms with van der Waals surface area (Å²) in [6.07, 6.45) is 0. The van der Waals surface area contributed by atoms with Crippen LogP contribution in [0.5, 0.6) is 5.75 Å². The van der Waals surface area contributed by atoms with Gasteiger partial charge in [-0.05, 0) is 47.9 Å². The van der Waals surface area contributed by atoms with Crippen LogP contribution in [0.2, 0.25) is 0 Å². The molecule has 178 valence electrons. The molecule has 0 spiro atoms. The second-order valence-corrected chi connectivity index (χ2v) is 6.51. The molecule has 0 aliphatic rings. The van der Waals surface area contributed by atoms with E-state index in [2.05, 4.69) is 15.5 Å². The van der Waals surface area contributed by atoms with Gasteiger partial charge in [-0.2, -0.15) is 5.11 Å². The molecule has 0 saturated carbocycles. The van der Waals surface area contributed by atoms with Crippen molar-refractivity contribution >= 4 is 44.1 Å². The summed E-state index contributed by atoms with van der Waals surface area (Å²) in [5, 5.41) is 24.0. The van der Waals surface area contributed by atoms with Crippen molar-refractivity contribution in [1.29, 1.82) is 0 Å². The summed E-state index contributed by atoms with van der Waals surface area (Å²) in [7, 11) is -3.11. The highest BCUT2D eigenvalue weighted by atomic mass is 32.2. The number of nitrogens with one attached hydrogen (secondary N) is 1. The summed E-state index contributed by atoms with van der Waals surface area (Å²) in [4.78, 5) is 0. The van der Waals surface area contributed by atoms with Gasteiger partial charge in [0.25, 0.3) is 0 Å². The zero-order valence-corrected chi connectivity index (χ0v) is 20.5. The molecule has 0 unspecified atom stereocenters. The lowest BCUT2D eigenvalue weighted by Gasteiger charge is -2.09. The Hall–Kier alpha value is -4.04. The fourth-order valence-corrected chi connectivity index (χ4v) is 2.75. The first-order valence-electron chi connectivity index (χ1n) is 10.8. The molecule has 0 bridgehead atoms. The van der Waals surface area contributed by atoms with Crippen LogP contribution in [0.1, 0.15) is 27.7 Å². The number of azo groups is 1. The molecule has 0 radical (unpaired) electrons. The molecular weight excluding hydrogens is 450 g/mol. The van der Waals surface area contributed by atoms with E-state index in [1.807, 2.05) is 113 Å². The molecule has 0 fully saturated rings. The molecule has 2 N–H and O–H groups in total. The average molecular weight is 480 g/mol. The van der Waals surface area contributed by atoms with Gasteiger partial charge < -0.3 is 10.4 Å². The van der Waals surface area contributed by atoms with Crippen molar-refractivity contribution in [2.24, 2.45) is 10.2 Å². The lowest BCUT2D eigenvalue weighted by molar-refractivity contribution is 0.482. The van der Waals surface area contributed by atoms with Crippen molar-refractivity contribution in [2.45, 2.75) is 27.7 Å². The van der Waals surface area contributed by atoms with E-state index in [0.717, 1.165) is 27.8 Å². The summed E-state index contributed by atoms with van der Waals surface area (Å²) in [6.45, 7) is 8.00. The maximum atomic E-state index is 10.6. The third-order valence-corrected chi connectivity index (χ3v) is 4.06. The van der Waals surface area contributed by atoms with E-state index in [1.54, 1.807) is 6.07 Å². The van der Waals surface area contributed by atoms with Crippen molar-refractivity contribution in [2.75, 3.05) is 5.32 Å². The zero-order chi connectivity index (χ0) is 25.3. The summed E-state index contributed by atoms with van der Waals surface area (Å²) in [6, 6.07) is 28.9. The minimum Gasteiger partial charge on any atom is -0.505 e. The number of hydrogen-bond acceptors (Lipinski definition) is 7. The molecule has 7 nitrogen and oxygen atoms in total. The molecule has 34 heavy (non-hydrogen) atoms. The lowest BCUT2D eigenvalue weighted by atomic mass is 10.1. The van der Waals surface area contributed by atoms with Gasteiger partial charge in [-0.15, -0.1) is 17.7 Å². The molecule has 4 rings (SSSR count). The fraction of sp³-hybridized carbons (Fsp3) is 0.154. The van der Waals surface area contributed by atoms with Crippen molar-refractivity contribution in [3.63, 3.8) is 0 Å². The molecular formula is C26H29N3O4S. The summed E-state index contributed by atoms with van der Waals surface area (Å²) in [5.74, 6) is 0.124. The topological polar surface area (TPSA) is 108 Å². The van der Waals surface area contributed by atoms with Gasteiger partial charge >= 0.3 is 10.6 Å². The van der Waals surface area contributed by atoms with Crippen molar-refractivity contribution in [3.05, 3.63) is 91.0 Å². The Balaban J connectivity index is 0.000000644. The highest BCUT2D eigenvalue weighted by Crippen LogP contribution is 2.37. The van der Waals surface area contributed by atoms with Crippen LogP contribution in [0.3, 0.4) is 0 Å². The third-order valence-electron chi connectivity index (χ3n) is 4.06. The highest BCUT2D eigenvalue weighted by molar-refractivity contribution is 7.59. The molecule has 8 heteroatoms. The van der Waals surface area contributed by atoms with Gasteiger partial charge in [0.15, 0.2) is 5.75 Å². The number of rotatable bonds is 4. The third kappa shape index (κ3) is 9.22. The zero-order valence-electron chi connectivity index (χ0n) is 19.6. The van der Waals surface area contributed by atoms with E-state index in [-0.39, 0.29) is 5.75 Å². The predicted molar refractivity (Wildman–Crippen MR) is 138 cm³/mol. The van der Waals surface area contributed by atoms with Crippen LogP contribution in [-0.4, -0.2) is 17.7 Å². The molecule has 0 amide bonds. The largest absolute Gasteiger partial charge is 0.505 e. The minimum absolute atomic E-state index is 0.124. The molecule has 0 atom stereocenters. The van der Waals surface area contributed by atoms with Crippen LogP contribution >= 0.6 is 0 Å². The summed E-state index contributed by atoms with van der Waals surface area (Å²) in [5.41, 5.74) is 3.08. The maximum Gasteiger partial charge on any atom is 0.425 e. The van der Waals surface area contributed by atoms with Crippen LogP contribution < -0.4 is 5.32 Å². The van der Waals surface area contributed by atoms with Crippen molar-refractivity contribution in [1.82, 2.24) is 0 Å². The molecule has 0 aliphatic carbocycles. The number of aromatic hydroxyl groups is 1. The van der Waals surface area contributed by atoms with Gasteiger partial charge in [0, 0.05) is 16.8 Å². The standard InChI is InChI=1S/C22H17N3O.2C2H6.O3S/c26-22-20-15-19(23-17-7-3-1-4-8-17)13-11-16(20)12-14-21(22)25-24-18-9-5-2-6-10-18;2*1-2;1-4(2)3/h1-15,23,26H;2*1-2H3;. The van der Waals surface area contributed by atoms with E-state index in [0.29, 0.717) is 5.69 Å². The molecule has 4 aromatic rings. The van der Waals surface area contributed by atoms with E-state index in [1.165, 1.54) is 0 Å². The first-order chi connectivity index (χ1) is 16.5. The Morgan fingerprint density at radius 1 is 0.676 bits per heavy atom. The predicted octanol–water partition coefficient (Wildman–Crippen LogP) is 7.75. The van der Waals surface area contributed by atoms with Crippen LogP contribution in [0.15, 0.2) is 101 Å². The Bertz CT molecular complexity index is 1270. The number of anilines is 2. The number of hydrogen-bond donors (Lipinski definition) is 2. The highest BCUT2D eigenvalue weighted by Gasteiger charge is 2.07. The summed E-state index contributed by atoms with van der Waals surface area (Å²) < 4.78 is 25.3. The molecule has 0 heterocycles. The number of phenols is 1. The Kier molecular flexibility index (Phi) is 12.9. The SMILES string of the molecule is CC.CC.O=S(=O)=O.Oc1c(N=Nc2ccccc2)ccc2ccc(Nc3ccccc3)cc12. The second-order valence-electron chi connectivity index (χ2n) is 6.10. The van der Waals surface area contributed by atoms with Gasteiger partial charge in [-0.3, -0.25) is 0 Å². The Labute approximate surface area is 201 Å². The molecule has 4 aromatic carbocycles. The number of fused-ring (bicyclic) bond motifs is 1. The molecule has 0 aromatic heterocycles. The van der Waals surface area contributed by atoms with E-state index >= 15 is 0 Å².